The van der Waals surface area contributed by atoms with E-state index in [1.54, 1.807) is 0 Å². The first-order valence-corrected chi connectivity index (χ1v) is 16.6. The number of nitrogens with zero attached hydrogens (tertiary/aromatic N) is 1. The van der Waals surface area contributed by atoms with Gasteiger partial charge in [0.25, 0.3) is 0 Å². The highest BCUT2D eigenvalue weighted by Gasteiger charge is 2.35. The van der Waals surface area contributed by atoms with Gasteiger partial charge in [-0.3, -0.25) is 4.98 Å². The van der Waals surface area contributed by atoms with E-state index in [-0.39, 0.29) is 0 Å². The molecule has 3 aromatic rings. The van der Waals surface area contributed by atoms with Gasteiger partial charge in [0, 0.05) is 25.1 Å². The third-order valence-electron chi connectivity index (χ3n) is 10.5. The molecule has 2 fully saturated rings. The molecular weight excluding hydrogens is 510 g/mol. The number of ether oxygens (including phenoxy) is 1. The number of terminal acetylenes is 1. The molecule has 1 aromatic heterocycles. The van der Waals surface area contributed by atoms with E-state index in [4.69, 9.17) is 16.1 Å². The largest absolute Gasteiger partial charge is 0.381 e. The molecule has 0 spiro atoms. The van der Waals surface area contributed by atoms with Gasteiger partial charge in [-0.05, 0) is 133 Å². The summed E-state index contributed by atoms with van der Waals surface area (Å²) in [7, 11) is 0. The molecule has 1 saturated heterocycles. The van der Waals surface area contributed by atoms with Crippen LogP contribution in [0.15, 0.2) is 72.4 Å². The fourth-order valence-electron chi connectivity index (χ4n) is 7.83. The van der Waals surface area contributed by atoms with Crippen LogP contribution in [0.2, 0.25) is 0 Å². The van der Waals surface area contributed by atoms with Crippen molar-refractivity contribution in [3.63, 3.8) is 0 Å². The average molecular weight is 562 g/mol. The van der Waals surface area contributed by atoms with Crippen molar-refractivity contribution >= 4 is 10.8 Å². The molecule has 5 rings (SSSR count). The number of pyridine rings is 1. The topological polar surface area (TPSA) is 22.1 Å². The maximum atomic E-state index is 5.91. The van der Waals surface area contributed by atoms with E-state index in [0.717, 1.165) is 32.5 Å². The van der Waals surface area contributed by atoms with E-state index in [1.807, 2.05) is 0 Å². The Hall–Kier alpha value is -2.89. The van der Waals surface area contributed by atoms with E-state index in [0.29, 0.717) is 29.1 Å². The summed E-state index contributed by atoms with van der Waals surface area (Å²) < 4.78 is 5.59. The minimum absolute atomic E-state index is 0.472. The number of aryl methyl sites for hydroxylation is 2. The van der Waals surface area contributed by atoms with Gasteiger partial charge in [-0.25, -0.2) is 0 Å². The van der Waals surface area contributed by atoms with Crippen LogP contribution in [0.4, 0.5) is 0 Å². The van der Waals surface area contributed by atoms with Gasteiger partial charge in [0.15, 0.2) is 0 Å². The summed E-state index contributed by atoms with van der Waals surface area (Å²) in [4.78, 5) is 4.78. The molecule has 2 aliphatic rings. The fourth-order valence-corrected chi connectivity index (χ4v) is 7.83. The molecule has 0 bridgehead atoms. The molecule has 2 nitrogen and oxygen atoms in total. The van der Waals surface area contributed by atoms with Crippen molar-refractivity contribution in [3.8, 4) is 12.3 Å². The highest BCUT2D eigenvalue weighted by atomic mass is 16.5. The molecule has 2 aromatic carbocycles. The van der Waals surface area contributed by atoms with Crippen molar-refractivity contribution in [1.82, 2.24) is 4.98 Å². The minimum Gasteiger partial charge on any atom is -0.381 e. The zero-order valence-electron chi connectivity index (χ0n) is 26.3. The molecular formula is C40H51NO. The molecule has 0 radical (unpaired) electrons. The summed E-state index contributed by atoms with van der Waals surface area (Å²) in [6.45, 7) is 9.14. The minimum atomic E-state index is 0.472. The quantitative estimate of drug-likeness (QED) is 0.172. The zero-order chi connectivity index (χ0) is 29.4. The van der Waals surface area contributed by atoms with Crippen LogP contribution in [0.5, 0.6) is 0 Å². The lowest BCUT2D eigenvalue weighted by atomic mass is 9.65. The molecule has 3 unspecified atom stereocenters. The fraction of sp³-hybridized carbons (Fsp3) is 0.525. The lowest BCUT2D eigenvalue weighted by molar-refractivity contribution is 0.0186. The van der Waals surface area contributed by atoms with Gasteiger partial charge in [0.1, 0.15) is 0 Å². The van der Waals surface area contributed by atoms with Crippen molar-refractivity contribution < 1.29 is 4.74 Å². The second-order valence-electron chi connectivity index (χ2n) is 13.8. The van der Waals surface area contributed by atoms with Crippen LogP contribution in [0.1, 0.15) is 101 Å². The van der Waals surface area contributed by atoms with Crippen LogP contribution in [-0.2, 0) is 17.6 Å². The Morgan fingerprint density at radius 1 is 1.05 bits per heavy atom. The van der Waals surface area contributed by atoms with Crippen LogP contribution < -0.4 is 0 Å². The lowest BCUT2D eigenvalue weighted by Crippen LogP contribution is -2.29. The summed E-state index contributed by atoms with van der Waals surface area (Å²) in [5, 5.41) is 2.69. The lowest BCUT2D eigenvalue weighted by Gasteiger charge is -2.40. The number of hydrogen-bond donors (Lipinski definition) is 0. The van der Waals surface area contributed by atoms with Gasteiger partial charge >= 0.3 is 0 Å². The Labute approximate surface area is 255 Å². The van der Waals surface area contributed by atoms with E-state index in [9.17, 15) is 0 Å². The summed E-state index contributed by atoms with van der Waals surface area (Å²) in [5.41, 5.74) is 6.15. The summed E-state index contributed by atoms with van der Waals surface area (Å²) in [6.07, 6.45) is 23.2. The van der Waals surface area contributed by atoms with Crippen LogP contribution >= 0.6 is 0 Å². The van der Waals surface area contributed by atoms with Crippen LogP contribution in [0.25, 0.3) is 10.8 Å². The average Bonchev–Trinajstić information content (AvgIpc) is 3.01. The molecule has 2 heteroatoms. The third-order valence-corrected chi connectivity index (χ3v) is 10.5. The SMILES string of the molecule is C#C/C=C(/CCc1cccc2ccccc12)C1CCC(c2ccnc(CCCCC3(C)CCOCC3)c2)CC1C(C)C. The normalized spacial score (nSPS) is 22.7. The Morgan fingerprint density at radius 3 is 2.67 bits per heavy atom. The number of rotatable bonds is 11. The first-order valence-electron chi connectivity index (χ1n) is 16.6. The first-order chi connectivity index (χ1) is 20.5. The number of allylic oxidation sites excluding steroid dienone is 2. The van der Waals surface area contributed by atoms with Crippen LogP contribution in [-0.4, -0.2) is 18.2 Å². The van der Waals surface area contributed by atoms with E-state index < -0.39 is 0 Å². The predicted octanol–water partition coefficient (Wildman–Crippen LogP) is 10.1. The second-order valence-corrected chi connectivity index (χ2v) is 13.8. The zero-order valence-corrected chi connectivity index (χ0v) is 26.3. The molecule has 222 valence electrons. The number of benzene rings is 2. The molecule has 0 amide bonds. The Bertz CT molecular complexity index is 1370. The summed E-state index contributed by atoms with van der Waals surface area (Å²) in [5.74, 6) is 5.38. The van der Waals surface area contributed by atoms with Crippen molar-refractivity contribution in [2.45, 2.75) is 97.3 Å². The van der Waals surface area contributed by atoms with E-state index in [1.165, 1.54) is 84.5 Å². The number of fused-ring (bicyclic) bond motifs is 1. The maximum absolute atomic E-state index is 5.91. The van der Waals surface area contributed by atoms with Gasteiger partial charge in [0.05, 0.1) is 0 Å². The van der Waals surface area contributed by atoms with E-state index in [2.05, 4.69) is 93.6 Å². The van der Waals surface area contributed by atoms with Crippen molar-refractivity contribution in [2.75, 3.05) is 13.2 Å². The molecule has 42 heavy (non-hydrogen) atoms. The Kier molecular flexibility index (Phi) is 10.6. The van der Waals surface area contributed by atoms with Crippen LogP contribution in [0, 0.1) is 35.5 Å². The summed E-state index contributed by atoms with van der Waals surface area (Å²) in [6, 6.07) is 20.2. The summed E-state index contributed by atoms with van der Waals surface area (Å²) >= 11 is 0. The molecule has 1 aliphatic heterocycles. The van der Waals surface area contributed by atoms with Gasteiger partial charge in [-0.2, -0.15) is 0 Å². The van der Waals surface area contributed by atoms with Gasteiger partial charge in [0.2, 0.25) is 0 Å². The maximum Gasteiger partial charge on any atom is 0.0471 e. The Balaban J connectivity index is 1.21. The van der Waals surface area contributed by atoms with Gasteiger partial charge in [-0.15, -0.1) is 6.42 Å². The molecule has 0 N–H and O–H groups in total. The van der Waals surface area contributed by atoms with Crippen molar-refractivity contribution in [2.24, 2.45) is 23.2 Å². The molecule has 1 saturated carbocycles. The third kappa shape index (κ3) is 7.73. The highest BCUT2D eigenvalue weighted by molar-refractivity contribution is 5.85. The highest BCUT2D eigenvalue weighted by Crippen LogP contribution is 2.46. The second kappa shape index (κ2) is 14.5. The monoisotopic (exact) mass is 561 g/mol. The molecule has 1 aliphatic carbocycles. The van der Waals surface area contributed by atoms with E-state index >= 15 is 0 Å². The van der Waals surface area contributed by atoms with Crippen molar-refractivity contribution in [1.29, 1.82) is 0 Å². The number of unbranched alkanes of at least 4 members (excludes halogenated alkanes) is 1. The smallest absolute Gasteiger partial charge is 0.0471 e. The Morgan fingerprint density at radius 2 is 1.86 bits per heavy atom. The molecule has 2 heterocycles. The number of hydrogen-bond acceptors (Lipinski definition) is 2. The number of aromatic nitrogens is 1. The van der Waals surface area contributed by atoms with Crippen LogP contribution in [0.3, 0.4) is 0 Å². The van der Waals surface area contributed by atoms with Crippen molar-refractivity contribution in [3.05, 3.63) is 89.3 Å². The standard InChI is InChI=1S/C40H51NO/c1-5-11-31(17-18-33-14-10-13-32-12-6-7-16-37(32)33)38-20-19-34(29-39(38)30(2)3)35-21-25-41-36(28-35)15-8-9-22-40(4)23-26-42-27-24-40/h1,6-7,10-14,16,21,25,28,30,34,38-39H,8-9,15,17-20,22-24,26-27,29H2,2-4H3/b31-11-. The molecule has 3 atom stereocenters. The van der Waals surface area contributed by atoms with Gasteiger partial charge < -0.3 is 4.74 Å². The van der Waals surface area contributed by atoms with Gasteiger partial charge in [-0.1, -0.05) is 81.2 Å². The first kappa shape index (κ1) is 30.6. The predicted molar refractivity (Wildman–Crippen MR) is 178 cm³/mol.